The SMILES string of the molecule is Cl.NCC1(c2ccccn2)NC(=O)NC1=O. The number of carbonyl (C=O) groups is 2. The average molecular weight is 243 g/mol. The second kappa shape index (κ2) is 4.46. The number of amides is 3. The van der Waals surface area contributed by atoms with Crippen LogP contribution in [0.5, 0.6) is 0 Å². The van der Waals surface area contributed by atoms with Crippen LogP contribution in [0, 0.1) is 0 Å². The van der Waals surface area contributed by atoms with Crippen LogP contribution in [0.2, 0.25) is 0 Å². The summed E-state index contributed by atoms with van der Waals surface area (Å²) in [6, 6.07) is 4.56. The topological polar surface area (TPSA) is 97.1 Å². The molecule has 1 aromatic heterocycles. The number of nitrogens with two attached hydrogens (primary N) is 1. The summed E-state index contributed by atoms with van der Waals surface area (Å²) in [6.45, 7) is -0.0262. The fraction of sp³-hybridized carbons (Fsp3) is 0.222. The maximum Gasteiger partial charge on any atom is 0.322 e. The lowest BCUT2D eigenvalue weighted by molar-refractivity contribution is -0.124. The second-order valence-electron chi connectivity index (χ2n) is 3.23. The molecule has 2 heterocycles. The number of nitrogens with zero attached hydrogens (tertiary/aromatic N) is 1. The molecule has 1 aromatic rings. The lowest BCUT2D eigenvalue weighted by Gasteiger charge is -2.22. The molecule has 1 aliphatic rings. The third kappa shape index (κ3) is 1.72. The van der Waals surface area contributed by atoms with Gasteiger partial charge in [0.1, 0.15) is 0 Å². The van der Waals surface area contributed by atoms with Gasteiger partial charge < -0.3 is 11.1 Å². The molecule has 3 amide bonds. The monoisotopic (exact) mass is 242 g/mol. The Labute approximate surface area is 98.0 Å². The number of nitrogens with one attached hydrogen (secondary N) is 2. The van der Waals surface area contributed by atoms with Gasteiger partial charge in [-0.05, 0) is 12.1 Å². The van der Waals surface area contributed by atoms with Gasteiger partial charge in [-0.15, -0.1) is 12.4 Å². The molecule has 0 aromatic carbocycles. The van der Waals surface area contributed by atoms with Crippen molar-refractivity contribution < 1.29 is 9.59 Å². The standard InChI is InChI=1S/C9H10N4O2.ClH/c10-5-9(6-3-1-2-4-11-6)7(14)12-8(15)13-9;/h1-4H,5,10H2,(H2,12,13,14,15);1H. The van der Waals surface area contributed by atoms with Crippen LogP contribution >= 0.6 is 12.4 Å². The molecule has 0 bridgehead atoms. The first-order valence-corrected chi connectivity index (χ1v) is 4.44. The van der Waals surface area contributed by atoms with Gasteiger partial charge in [-0.25, -0.2) is 4.79 Å². The van der Waals surface area contributed by atoms with E-state index in [-0.39, 0.29) is 19.0 Å². The predicted octanol–water partition coefficient (Wildman–Crippen LogP) is -0.503. The van der Waals surface area contributed by atoms with Crippen molar-refractivity contribution in [3.63, 3.8) is 0 Å². The minimum absolute atomic E-state index is 0. The fourth-order valence-electron chi connectivity index (χ4n) is 1.54. The van der Waals surface area contributed by atoms with Crippen LogP contribution in [0.1, 0.15) is 5.69 Å². The number of urea groups is 1. The number of imide groups is 1. The molecular formula is C9H11ClN4O2. The van der Waals surface area contributed by atoms with Crippen molar-refractivity contribution in [3.8, 4) is 0 Å². The van der Waals surface area contributed by atoms with Gasteiger partial charge in [-0.2, -0.15) is 0 Å². The zero-order valence-corrected chi connectivity index (χ0v) is 9.08. The van der Waals surface area contributed by atoms with Crippen molar-refractivity contribution in [1.29, 1.82) is 0 Å². The molecule has 7 heteroatoms. The summed E-state index contributed by atoms with van der Waals surface area (Å²) in [5.74, 6) is -0.464. The summed E-state index contributed by atoms with van der Waals surface area (Å²) in [5.41, 5.74) is 4.75. The Morgan fingerprint density at radius 2 is 2.12 bits per heavy atom. The minimum Gasteiger partial charge on any atom is -0.327 e. The lowest BCUT2D eigenvalue weighted by atomic mass is 9.95. The van der Waals surface area contributed by atoms with Gasteiger partial charge in [-0.3, -0.25) is 15.1 Å². The van der Waals surface area contributed by atoms with Crippen LogP contribution in [0.3, 0.4) is 0 Å². The Morgan fingerprint density at radius 3 is 2.56 bits per heavy atom. The summed E-state index contributed by atoms with van der Waals surface area (Å²) in [4.78, 5) is 26.7. The third-order valence-electron chi connectivity index (χ3n) is 2.35. The van der Waals surface area contributed by atoms with Gasteiger partial charge in [0, 0.05) is 12.7 Å². The van der Waals surface area contributed by atoms with Gasteiger partial charge in [0.25, 0.3) is 5.91 Å². The first-order valence-electron chi connectivity index (χ1n) is 4.44. The van der Waals surface area contributed by atoms with Crippen molar-refractivity contribution in [2.45, 2.75) is 5.54 Å². The van der Waals surface area contributed by atoms with Crippen molar-refractivity contribution in [2.75, 3.05) is 6.54 Å². The zero-order chi connectivity index (χ0) is 10.9. The van der Waals surface area contributed by atoms with E-state index in [4.69, 9.17) is 5.73 Å². The zero-order valence-electron chi connectivity index (χ0n) is 8.27. The van der Waals surface area contributed by atoms with Crippen LogP contribution in [-0.4, -0.2) is 23.5 Å². The molecule has 0 aliphatic carbocycles. The summed E-state index contributed by atoms with van der Waals surface area (Å²) in [6.07, 6.45) is 1.55. The Morgan fingerprint density at radius 1 is 1.38 bits per heavy atom. The lowest BCUT2D eigenvalue weighted by Crippen LogP contribution is -2.50. The number of carbonyl (C=O) groups excluding carboxylic acids is 2. The molecule has 1 saturated heterocycles. The van der Waals surface area contributed by atoms with Gasteiger partial charge in [0.15, 0.2) is 5.54 Å². The van der Waals surface area contributed by atoms with Crippen LogP contribution in [-0.2, 0) is 10.3 Å². The molecule has 2 rings (SSSR count). The van der Waals surface area contributed by atoms with Crippen LogP contribution in [0.15, 0.2) is 24.4 Å². The van der Waals surface area contributed by atoms with E-state index in [1.165, 1.54) is 0 Å². The molecule has 1 atom stereocenters. The average Bonchev–Trinajstić information content (AvgIpc) is 2.56. The maximum absolute atomic E-state index is 11.6. The summed E-state index contributed by atoms with van der Waals surface area (Å²) < 4.78 is 0. The first kappa shape index (κ1) is 12.4. The van der Waals surface area contributed by atoms with E-state index >= 15 is 0 Å². The van der Waals surface area contributed by atoms with E-state index in [1.807, 2.05) is 0 Å². The number of rotatable bonds is 2. The van der Waals surface area contributed by atoms with Crippen LogP contribution < -0.4 is 16.4 Å². The summed E-state index contributed by atoms with van der Waals surface area (Å²) in [7, 11) is 0. The normalized spacial score (nSPS) is 23.3. The Bertz CT molecular complexity index is 411. The Balaban J connectivity index is 0.00000128. The third-order valence-corrected chi connectivity index (χ3v) is 2.35. The molecule has 86 valence electrons. The van der Waals surface area contributed by atoms with E-state index in [0.717, 1.165) is 0 Å². The molecule has 1 fully saturated rings. The number of pyridine rings is 1. The van der Waals surface area contributed by atoms with E-state index in [0.29, 0.717) is 5.69 Å². The predicted molar refractivity (Wildman–Crippen MR) is 58.9 cm³/mol. The minimum atomic E-state index is -1.22. The van der Waals surface area contributed by atoms with Gasteiger partial charge in [0.05, 0.1) is 5.69 Å². The van der Waals surface area contributed by atoms with Gasteiger partial charge >= 0.3 is 6.03 Å². The highest BCUT2D eigenvalue weighted by Crippen LogP contribution is 2.21. The van der Waals surface area contributed by atoms with E-state index in [2.05, 4.69) is 15.6 Å². The first-order chi connectivity index (χ1) is 7.19. The van der Waals surface area contributed by atoms with Crippen molar-refractivity contribution >= 4 is 24.3 Å². The highest BCUT2D eigenvalue weighted by molar-refractivity contribution is 6.07. The molecule has 0 spiro atoms. The summed E-state index contributed by atoms with van der Waals surface area (Å²) in [5, 5.41) is 4.64. The molecule has 1 aliphatic heterocycles. The smallest absolute Gasteiger partial charge is 0.322 e. The quantitative estimate of drug-likeness (QED) is 0.609. The molecule has 16 heavy (non-hydrogen) atoms. The fourth-order valence-corrected chi connectivity index (χ4v) is 1.54. The highest BCUT2D eigenvalue weighted by Gasteiger charge is 2.47. The van der Waals surface area contributed by atoms with Crippen molar-refractivity contribution in [2.24, 2.45) is 5.73 Å². The Hall–Kier alpha value is -1.66. The van der Waals surface area contributed by atoms with E-state index in [9.17, 15) is 9.59 Å². The number of hydrogen-bond donors (Lipinski definition) is 3. The van der Waals surface area contributed by atoms with E-state index in [1.54, 1.807) is 24.4 Å². The molecule has 4 N–H and O–H groups in total. The maximum atomic E-state index is 11.6. The van der Waals surface area contributed by atoms with Gasteiger partial charge in [-0.1, -0.05) is 6.07 Å². The number of halogens is 1. The molecule has 0 radical (unpaired) electrons. The molecule has 0 saturated carbocycles. The van der Waals surface area contributed by atoms with E-state index < -0.39 is 17.5 Å². The van der Waals surface area contributed by atoms with Crippen LogP contribution in [0.25, 0.3) is 0 Å². The van der Waals surface area contributed by atoms with Crippen LogP contribution in [0.4, 0.5) is 4.79 Å². The Kier molecular flexibility index (Phi) is 3.46. The summed E-state index contributed by atoms with van der Waals surface area (Å²) >= 11 is 0. The number of hydrogen-bond acceptors (Lipinski definition) is 4. The largest absolute Gasteiger partial charge is 0.327 e. The number of aromatic nitrogens is 1. The second-order valence-corrected chi connectivity index (χ2v) is 3.23. The van der Waals surface area contributed by atoms with Crippen molar-refractivity contribution in [3.05, 3.63) is 30.1 Å². The molecular weight excluding hydrogens is 232 g/mol. The van der Waals surface area contributed by atoms with Gasteiger partial charge in [0.2, 0.25) is 0 Å². The molecule has 1 unspecified atom stereocenters. The highest BCUT2D eigenvalue weighted by atomic mass is 35.5. The van der Waals surface area contributed by atoms with Crippen molar-refractivity contribution in [1.82, 2.24) is 15.6 Å². The molecule has 6 nitrogen and oxygen atoms in total.